The van der Waals surface area contributed by atoms with Crippen LogP contribution >= 0.6 is 0 Å². The van der Waals surface area contributed by atoms with Gasteiger partial charge >= 0.3 is 0 Å². The van der Waals surface area contributed by atoms with Gasteiger partial charge in [0, 0.05) is 6.54 Å². The molecule has 6 heteroatoms. The van der Waals surface area contributed by atoms with Crippen LogP contribution in [0.2, 0.25) is 0 Å². The second kappa shape index (κ2) is 6.02. The molecule has 0 saturated heterocycles. The molecule has 1 heterocycles. The highest BCUT2D eigenvalue weighted by Crippen LogP contribution is 2.31. The minimum absolute atomic E-state index is 0.266. The number of hydrogen-bond acceptors (Lipinski definition) is 4. The second-order valence-corrected chi connectivity index (χ2v) is 4.51. The quantitative estimate of drug-likeness (QED) is 0.648. The minimum atomic E-state index is -0.312. The molecule has 0 aliphatic carbocycles. The second-order valence-electron chi connectivity index (χ2n) is 4.51. The predicted molar refractivity (Wildman–Crippen MR) is 74.8 cm³/mol. The van der Waals surface area contributed by atoms with Gasteiger partial charge in [0.05, 0.1) is 19.3 Å². The topological polar surface area (TPSA) is 65.1 Å². The number of hydrogen-bond donors (Lipinski definition) is 2. The fourth-order valence-corrected chi connectivity index (χ4v) is 2.36. The molecule has 0 saturated carbocycles. The Hall–Kier alpha value is -1.92. The molecule has 0 radical (unpaired) electrons. The maximum Gasteiger partial charge on any atom is 0.161 e. The first-order valence-electron chi connectivity index (χ1n) is 6.44. The monoisotopic (exact) mass is 278 g/mol. The van der Waals surface area contributed by atoms with Crippen molar-refractivity contribution in [2.45, 2.75) is 26.4 Å². The largest absolute Gasteiger partial charge is 0.493 e. The van der Waals surface area contributed by atoms with Crippen molar-refractivity contribution in [3.63, 3.8) is 0 Å². The van der Waals surface area contributed by atoms with Crippen molar-refractivity contribution >= 4 is 0 Å². The molecular formula is C14H19FN4O. The predicted octanol–water partition coefficient (Wildman–Crippen LogP) is 1.91. The van der Waals surface area contributed by atoms with Crippen molar-refractivity contribution in [1.29, 1.82) is 0 Å². The third-order valence-electron chi connectivity index (χ3n) is 3.35. The number of benzene rings is 1. The van der Waals surface area contributed by atoms with Gasteiger partial charge in [-0.1, -0.05) is 6.07 Å². The molecule has 0 amide bonds. The molecule has 0 aliphatic rings. The number of ether oxygens (including phenoxy) is 1. The molecule has 0 spiro atoms. The van der Waals surface area contributed by atoms with Crippen LogP contribution in [0.3, 0.4) is 0 Å². The van der Waals surface area contributed by atoms with Gasteiger partial charge < -0.3 is 4.74 Å². The SMILES string of the molecule is CCn1ncc(OC)c1C(NN)c1ccc(F)cc1C. The van der Waals surface area contributed by atoms with Gasteiger partial charge in [-0.15, -0.1) is 0 Å². The Bertz CT molecular complexity index is 575. The van der Waals surface area contributed by atoms with Crippen LogP contribution in [0.5, 0.6) is 5.75 Å². The maximum absolute atomic E-state index is 13.3. The van der Waals surface area contributed by atoms with Crippen LogP contribution < -0.4 is 16.0 Å². The normalized spacial score (nSPS) is 12.4. The summed E-state index contributed by atoms with van der Waals surface area (Å²) in [5, 5.41) is 4.27. The summed E-state index contributed by atoms with van der Waals surface area (Å²) in [5.74, 6) is 6.10. The Morgan fingerprint density at radius 3 is 2.80 bits per heavy atom. The van der Waals surface area contributed by atoms with Crippen molar-refractivity contribution in [2.75, 3.05) is 7.11 Å². The van der Waals surface area contributed by atoms with E-state index in [4.69, 9.17) is 10.6 Å². The number of aryl methyl sites for hydroxylation is 2. The van der Waals surface area contributed by atoms with Crippen LogP contribution in [0.25, 0.3) is 0 Å². The van der Waals surface area contributed by atoms with Gasteiger partial charge in [-0.05, 0) is 37.1 Å². The van der Waals surface area contributed by atoms with E-state index in [2.05, 4.69) is 10.5 Å². The van der Waals surface area contributed by atoms with Crippen molar-refractivity contribution in [1.82, 2.24) is 15.2 Å². The Morgan fingerprint density at radius 2 is 2.25 bits per heavy atom. The number of aromatic nitrogens is 2. The van der Waals surface area contributed by atoms with E-state index in [0.717, 1.165) is 16.8 Å². The number of methoxy groups -OCH3 is 1. The number of nitrogens with zero attached hydrogens (tertiary/aromatic N) is 2. The Balaban J connectivity index is 2.54. The van der Waals surface area contributed by atoms with E-state index >= 15 is 0 Å². The molecule has 1 aromatic carbocycles. The fourth-order valence-electron chi connectivity index (χ4n) is 2.36. The van der Waals surface area contributed by atoms with Gasteiger partial charge in [-0.2, -0.15) is 5.10 Å². The Morgan fingerprint density at radius 1 is 1.50 bits per heavy atom. The lowest BCUT2D eigenvalue weighted by Crippen LogP contribution is -2.31. The summed E-state index contributed by atoms with van der Waals surface area (Å²) >= 11 is 0. The number of halogens is 1. The van der Waals surface area contributed by atoms with E-state index < -0.39 is 0 Å². The maximum atomic E-state index is 13.3. The summed E-state index contributed by atoms with van der Waals surface area (Å²) < 4.78 is 20.4. The standard InChI is InChI=1S/C14H19FN4O/c1-4-19-14(12(20-3)8-17-19)13(18-16)11-6-5-10(15)7-9(11)2/h5-8,13,18H,4,16H2,1-3H3. The Kier molecular flexibility index (Phi) is 4.36. The number of hydrazine groups is 1. The van der Waals surface area contributed by atoms with Gasteiger partial charge in [0.25, 0.3) is 0 Å². The summed E-state index contributed by atoms with van der Waals surface area (Å²) in [5.41, 5.74) is 5.30. The third kappa shape index (κ3) is 2.52. The zero-order chi connectivity index (χ0) is 14.7. The van der Waals surface area contributed by atoms with Gasteiger partial charge in [-0.3, -0.25) is 10.5 Å². The van der Waals surface area contributed by atoms with Gasteiger partial charge in [0.2, 0.25) is 0 Å². The van der Waals surface area contributed by atoms with Crippen LogP contribution in [0, 0.1) is 12.7 Å². The van der Waals surface area contributed by atoms with Crippen LogP contribution in [0.15, 0.2) is 24.4 Å². The zero-order valence-electron chi connectivity index (χ0n) is 11.9. The molecule has 0 bridgehead atoms. The van der Waals surface area contributed by atoms with Gasteiger partial charge in [0.1, 0.15) is 11.5 Å². The average molecular weight is 278 g/mol. The number of nitrogens with two attached hydrogens (primary N) is 1. The first kappa shape index (κ1) is 14.5. The van der Waals surface area contributed by atoms with E-state index in [0.29, 0.717) is 12.3 Å². The molecule has 3 N–H and O–H groups in total. The van der Waals surface area contributed by atoms with Crippen molar-refractivity contribution in [3.05, 3.63) is 47.0 Å². The lowest BCUT2D eigenvalue weighted by Gasteiger charge is -2.20. The molecule has 2 rings (SSSR count). The lowest BCUT2D eigenvalue weighted by atomic mass is 9.98. The molecular weight excluding hydrogens is 259 g/mol. The highest BCUT2D eigenvalue weighted by molar-refractivity contribution is 5.40. The highest BCUT2D eigenvalue weighted by Gasteiger charge is 2.23. The van der Waals surface area contributed by atoms with Crippen LogP contribution in [-0.2, 0) is 6.54 Å². The van der Waals surface area contributed by atoms with Crippen LogP contribution in [0.1, 0.15) is 29.8 Å². The van der Waals surface area contributed by atoms with E-state index in [9.17, 15) is 4.39 Å². The van der Waals surface area contributed by atoms with Crippen molar-refractivity contribution < 1.29 is 9.13 Å². The van der Waals surface area contributed by atoms with E-state index in [1.165, 1.54) is 12.1 Å². The average Bonchev–Trinajstić information content (AvgIpc) is 2.85. The molecule has 1 atom stereocenters. The van der Waals surface area contributed by atoms with E-state index in [1.807, 2.05) is 18.5 Å². The van der Waals surface area contributed by atoms with Crippen molar-refractivity contribution in [3.8, 4) is 5.75 Å². The number of nitrogens with one attached hydrogen (secondary N) is 1. The zero-order valence-corrected chi connectivity index (χ0v) is 11.9. The molecule has 1 aromatic heterocycles. The molecule has 5 nitrogen and oxygen atoms in total. The van der Waals surface area contributed by atoms with E-state index in [-0.39, 0.29) is 11.9 Å². The summed E-state index contributed by atoms with van der Waals surface area (Å²) in [4.78, 5) is 0. The first-order valence-corrected chi connectivity index (χ1v) is 6.44. The minimum Gasteiger partial charge on any atom is -0.493 e. The first-order chi connectivity index (χ1) is 9.62. The van der Waals surface area contributed by atoms with Crippen molar-refractivity contribution in [2.24, 2.45) is 5.84 Å². The Labute approximate surface area is 117 Å². The summed E-state index contributed by atoms with van der Waals surface area (Å²) in [7, 11) is 1.59. The summed E-state index contributed by atoms with van der Waals surface area (Å²) in [6.45, 7) is 4.53. The molecule has 2 aromatic rings. The lowest BCUT2D eigenvalue weighted by molar-refractivity contribution is 0.399. The molecule has 20 heavy (non-hydrogen) atoms. The molecule has 0 fully saturated rings. The highest BCUT2D eigenvalue weighted by atomic mass is 19.1. The fraction of sp³-hybridized carbons (Fsp3) is 0.357. The molecule has 0 aliphatic heterocycles. The van der Waals surface area contributed by atoms with Crippen LogP contribution in [0.4, 0.5) is 4.39 Å². The van der Waals surface area contributed by atoms with E-state index in [1.54, 1.807) is 19.4 Å². The van der Waals surface area contributed by atoms with Crippen LogP contribution in [-0.4, -0.2) is 16.9 Å². The molecule has 108 valence electrons. The number of rotatable bonds is 5. The van der Waals surface area contributed by atoms with Gasteiger partial charge in [-0.25, -0.2) is 9.82 Å². The summed E-state index contributed by atoms with van der Waals surface area (Å²) in [6.07, 6.45) is 1.65. The third-order valence-corrected chi connectivity index (χ3v) is 3.35. The molecule has 1 unspecified atom stereocenters. The van der Waals surface area contributed by atoms with Gasteiger partial charge in [0.15, 0.2) is 5.75 Å². The summed E-state index contributed by atoms with van der Waals surface area (Å²) in [6, 6.07) is 4.32. The smallest absolute Gasteiger partial charge is 0.161 e.